The van der Waals surface area contributed by atoms with Gasteiger partial charge in [0.1, 0.15) is 0 Å². The Labute approximate surface area is 90.4 Å². The van der Waals surface area contributed by atoms with Gasteiger partial charge >= 0.3 is 0 Å². The topological polar surface area (TPSA) is 21.3 Å². The number of halogens is 1. The quantitative estimate of drug-likeness (QED) is 0.826. The van der Waals surface area contributed by atoms with Crippen LogP contribution >= 0.6 is 0 Å². The molecular weight excluding hydrogens is 193 g/mol. The second kappa shape index (κ2) is 5.12. The lowest BCUT2D eigenvalue weighted by molar-refractivity contribution is 0.385. The van der Waals surface area contributed by atoms with Gasteiger partial charge in [-0.2, -0.15) is 0 Å². The highest BCUT2D eigenvalue weighted by Gasteiger charge is 2.14. The molecule has 0 amide bonds. The number of benzene rings is 1. The Morgan fingerprint density at radius 1 is 1.33 bits per heavy atom. The summed E-state index contributed by atoms with van der Waals surface area (Å²) in [6, 6.07) is 5.43. The molecule has 0 aliphatic rings. The molecule has 2 atom stereocenters. The first-order valence-electron chi connectivity index (χ1n) is 5.10. The van der Waals surface area contributed by atoms with Gasteiger partial charge in [0.2, 0.25) is 0 Å². The monoisotopic (exact) mass is 211 g/mol. The molecule has 0 fully saturated rings. The minimum atomic E-state index is -0.301. The smallest absolute Gasteiger partial charge is 0.165 e. The van der Waals surface area contributed by atoms with E-state index >= 15 is 0 Å². The van der Waals surface area contributed by atoms with Crippen molar-refractivity contribution in [1.82, 2.24) is 5.32 Å². The van der Waals surface area contributed by atoms with Crippen LogP contribution in [0.15, 0.2) is 18.2 Å². The van der Waals surface area contributed by atoms with Crippen molar-refractivity contribution >= 4 is 0 Å². The fraction of sp³-hybridized carbons (Fsp3) is 0.500. The molecule has 3 heteroatoms. The third-order valence-electron chi connectivity index (χ3n) is 2.91. The summed E-state index contributed by atoms with van der Waals surface area (Å²) >= 11 is 0. The predicted octanol–water partition coefficient (Wildman–Crippen LogP) is 2.55. The lowest BCUT2D eigenvalue weighted by Crippen LogP contribution is -2.27. The van der Waals surface area contributed by atoms with Gasteiger partial charge < -0.3 is 10.1 Å². The summed E-state index contributed by atoms with van der Waals surface area (Å²) in [5.74, 6) is 0.267. The molecule has 15 heavy (non-hydrogen) atoms. The second-order valence-electron chi connectivity index (χ2n) is 3.76. The van der Waals surface area contributed by atoms with E-state index in [0.717, 1.165) is 5.56 Å². The molecule has 1 aromatic carbocycles. The maximum Gasteiger partial charge on any atom is 0.165 e. The number of nitrogens with one attached hydrogen (secondary N) is 1. The lowest BCUT2D eigenvalue weighted by Gasteiger charge is -2.20. The third kappa shape index (κ3) is 2.69. The van der Waals surface area contributed by atoms with E-state index in [2.05, 4.69) is 19.2 Å². The Hall–Kier alpha value is -1.09. The van der Waals surface area contributed by atoms with Crippen molar-refractivity contribution in [2.24, 2.45) is 0 Å². The molecular formula is C12H18FNO. The molecule has 0 bridgehead atoms. The van der Waals surface area contributed by atoms with Crippen LogP contribution in [0.25, 0.3) is 0 Å². The highest BCUT2D eigenvalue weighted by molar-refractivity contribution is 5.31. The van der Waals surface area contributed by atoms with Crippen LogP contribution in [0.1, 0.15) is 25.3 Å². The van der Waals surface area contributed by atoms with Crippen molar-refractivity contribution in [2.75, 3.05) is 14.2 Å². The predicted molar refractivity (Wildman–Crippen MR) is 59.9 cm³/mol. The van der Waals surface area contributed by atoms with Gasteiger partial charge in [-0.05, 0) is 37.6 Å². The largest absolute Gasteiger partial charge is 0.494 e. The van der Waals surface area contributed by atoms with Gasteiger partial charge in [0, 0.05) is 6.04 Å². The Kier molecular flexibility index (Phi) is 4.09. The molecule has 0 aliphatic carbocycles. The summed E-state index contributed by atoms with van der Waals surface area (Å²) in [6.07, 6.45) is 0. The summed E-state index contributed by atoms with van der Waals surface area (Å²) < 4.78 is 18.3. The average molecular weight is 211 g/mol. The van der Waals surface area contributed by atoms with E-state index in [0.29, 0.717) is 11.8 Å². The number of ether oxygens (including phenoxy) is 1. The van der Waals surface area contributed by atoms with Crippen molar-refractivity contribution in [3.8, 4) is 5.75 Å². The zero-order chi connectivity index (χ0) is 11.4. The van der Waals surface area contributed by atoms with Gasteiger partial charge in [-0.3, -0.25) is 0 Å². The van der Waals surface area contributed by atoms with Gasteiger partial charge in [-0.15, -0.1) is 0 Å². The first-order chi connectivity index (χ1) is 7.10. The SMILES string of the molecule is CNC(C)C(C)c1ccc(OC)c(F)c1. The van der Waals surface area contributed by atoms with Crippen LogP contribution < -0.4 is 10.1 Å². The van der Waals surface area contributed by atoms with Crippen LogP contribution in [0.5, 0.6) is 5.75 Å². The molecule has 0 spiro atoms. The van der Waals surface area contributed by atoms with E-state index < -0.39 is 0 Å². The number of likely N-dealkylation sites (N-methyl/N-ethyl adjacent to an activating group) is 1. The zero-order valence-electron chi connectivity index (χ0n) is 9.67. The van der Waals surface area contributed by atoms with Gasteiger partial charge in [-0.25, -0.2) is 4.39 Å². The van der Waals surface area contributed by atoms with Crippen molar-refractivity contribution < 1.29 is 9.13 Å². The van der Waals surface area contributed by atoms with E-state index in [-0.39, 0.29) is 11.7 Å². The van der Waals surface area contributed by atoms with Crippen LogP contribution in [-0.4, -0.2) is 20.2 Å². The molecule has 2 unspecified atom stereocenters. The van der Waals surface area contributed by atoms with E-state index in [4.69, 9.17) is 4.74 Å². The van der Waals surface area contributed by atoms with Crippen molar-refractivity contribution in [1.29, 1.82) is 0 Å². The highest BCUT2D eigenvalue weighted by atomic mass is 19.1. The van der Waals surface area contributed by atoms with E-state index in [1.807, 2.05) is 13.1 Å². The molecule has 1 rings (SSSR count). The Bertz CT molecular complexity index is 327. The molecule has 0 radical (unpaired) electrons. The van der Waals surface area contributed by atoms with Gasteiger partial charge in [0.05, 0.1) is 7.11 Å². The fourth-order valence-electron chi connectivity index (χ4n) is 1.50. The standard InChI is InChI=1S/C12H18FNO/c1-8(9(2)14-3)10-5-6-12(15-4)11(13)7-10/h5-9,14H,1-4H3. The lowest BCUT2D eigenvalue weighted by atomic mass is 9.94. The van der Waals surface area contributed by atoms with Crippen LogP contribution in [0.4, 0.5) is 4.39 Å². The summed E-state index contributed by atoms with van der Waals surface area (Å²) in [4.78, 5) is 0. The molecule has 0 saturated heterocycles. The minimum absolute atomic E-state index is 0.274. The Morgan fingerprint density at radius 2 is 2.00 bits per heavy atom. The highest BCUT2D eigenvalue weighted by Crippen LogP contribution is 2.24. The average Bonchev–Trinajstić information content (AvgIpc) is 2.26. The minimum Gasteiger partial charge on any atom is -0.494 e. The van der Waals surface area contributed by atoms with Crippen molar-refractivity contribution in [2.45, 2.75) is 25.8 Å². The van der Waals surface area contributed by atoms with Crippen LogP contribution in [0.3, 0.4) is 0 Å². The first kappa shape index (κ1) is 12.0. The third-order valence-corrected chi connectivity index (χ3v) is 2.91. The number of rotatable bonds is 4. The molecule has 0 aromatic heterocycles. The summed E-state index contributed by atoms with van der Waals surface area (Å²) in [6.45, 7) is 4.15. The number of hydrogen-bond donors (Lipinski definition) is 1. The number of methoxy groups -OCH3 is 1. The van der Waals surface area contributed by atoms with Gasteiger partial charge in [-0.1, -0.05) is 13.0 Å². The number of hydrogen-bond acceptors (Lipinski definition) is 2. The van der Waals surface area contributed by atoms with Crippen LogP contribution in [0.2, 0.25) is 0 Å². The van der Waals surface area contributed by atoms with Gasteiger partial charge in [0.15, 0.2) is 11.6 Å². The molecule has 84 valence electrons. The van der Waals surface area contributed by atoms with Crippen LogP contribution in [-0.2, 0) is 0 Å². The molecule has 2 nitrogen and oxygen atoms in total. The van der Waals surface area contributed by atoms with Gasteiger partial charge in [0.25, 0.3) is 0 Å². The Balaban J connectivity index is 2.92. The normalized spacial score (nSPS) is 14.7. The molecule has 0 heterocycles. The van der Waals surface area contributed by atoms with Crippen molar-refractivity contribution in [3.05, 3.63) is 29.6 Å². The summed E-state index contributed by atoms with van der Waals surface area (Å²) in [5, 5.41) is 3.16. The van der Waals surface area contributed by atoms with Crippen molar-refractivity contribution in [3.63, 3.8) is 0 Å². The van der Waals surface area contributed by atoms with E-state index in [1.165, 1.54) is 13.2 Å². The first-order valence-corrected chi connectivity index (χ1v) is 5.10. The molecule has 0 saturated carbocycles. The Morgan fingerprint density at radius 3 is 2.47 bits per heavy atom. The zero-order valence-corrected chi connectivity index (χ0v) is 9.67. The maximum atomic E-state index is 13.4. The fourth-order valence-corrected chi connectivity index (χ4v) is 1.50. The summed E-state index contributed by atoms with van der Waals surface area (Å²) in [5.41, 5.74) is 0.982. The van der Waals surface area contributed by atoms with Crippen LogP contribution in [0, 0.1) is 5.82 Å². The molecule has 0 aliphatic heterocycles. The molecule has 1 aromatic rings. The summed E-state index contributed by atoms with van der Waals surface area (Å²) in [7, 11) is 3.37. The van der Waals surface area contributed by atoms with E-state index in [1.54, 1.807) is 6.07 Å². The van der Waals surface area contributed by atoms with E-state index in [9.17, 15) is 4.39 Å². The second-order valence-corrected chi connectivity index (χ2v) is 3.76. The maximum absolute atomic E-state index is 13.4. The molecule has 1 N–H and O–H groups in total.